The summed E-state index contributed by atoms with van der Waals surface area (Å²) in [5, 5.41) is 0. The highest BCUT2D eigenvalue weighted by Gasteiger charge is 2.13. The van der Waals surface area contributed by atoms with Crippen LogP contribution in [0.25, 0.3) is 0 Å². The summed E-state index contributed by atoms with van der Waals surface area (Å²) < 4.78 is 11.3. The van der Waals surface area contributed by atoms with Crippen molar-refractivity contribution in [3.8, 4) is 11.5 Å². The second-order valence-electron chi connectivity index (χ2n) is 4.58. The van der Waals surface area contributed by atoms with Gasteiger partial charge in [0.1, 0.15) is 5.78 Å². The van der Waals surface area contributed by atoms with E-state index in [1.54, 1.807) is 14.0 Å². The summed E-state index contributed by atoms with van der Waals surface area (Å²) in [6, 6.07) is 5.83. The summed E-state index contributed by atoms with van der Waals surface area (Å²) in [6.07, 6.45) is 2.07. The molecule has 0 aromatic heterocycles. The van der Waals surface area contributed by atoms with Crippen molar-refractivity contribution in [1.82, 2.24) is 0 Å². The van der Waals surface area contributed by atoms with Gasteiger partial charge in [-0.3, -0.25) is 4.99 Å². The molecule has 0 N–H and O–H groups in total. The number of hydrogen-bond donors (Lipinski definition) is 0. The van der Waals surface area contributed by atoms with Crippen LogP contribution in [0.15, 0.2) is 23.2 Å². The van der Waals surface area contributed by atoms with Gasteiger partial charge in [-0.15, -0.1) is 0 Å². The van der Waals surface area contributed by atoms with Crippen molar-refractivity contribution in [3.05, 3.63) is 23.8 Å². The third kappa shape index (κ3) is 3.56. The van der Waals surface area contributed by atoms with E-state index in [1.807, 2.05) is 18.2 Å². The Labute approximate surface area is 113 Å². The largest absolute Gasteiger partial charge is 0.490 e. The number of carbonyl (C=O) groups is 1. The molecule has 102 valence electrons. The fraction of sp³-hybridized carbons (Fsp3) is 0.467. The molecule has 2 rings (SSSR count). The minimum Gasteiger partial charge on any atom is -0.490 e. The Morgan fingerprint density at radius 2 is 1.95 bits per heavy atom. The van der Waals surface area contributed by atoms with Gasteiger partial charge in [0.15, 0.2) is 11.5 Å². The van der Waals surface area contributed by atoms with Crippen LogP contribution in [0.1, 0.15) is 31.7 Å². The van der Waals surface area contributed by atoms with Crippen molar-refractivity contribution in [1.29, 1.82) is 0 Å². The van der Waals surface area contributed by atoms with E-state index in [-0.39, 0.29) is 5.78 Å². The number of carbonyl (C=O) groups excluding carboxylic acids is 1. The summed E-state index contributed by atoms with van der Waals surface area (Å²) in [5.74, 6) is 1.72. The van der Waals surface area contributed by atoms with Crippen molar-refractivity contribution in [2.24, 2.45) is 4.99 Å². The van der Waals surface area contributed by atoms with Gasteiger partial charge in [-0.2, -0.15) is 0 Å². The van der Waals surface area contributed by atoms with E-state index in [9.17, 15) is 4.79 Å². The highest BCUT2D eigenvalue weighted by molar-refractivity contribution is 6.02. The zero-order valence-electron chi connectivity index (χ0n) is 11.4. The number of hydrogen-bond acceptors (Lipinski definition) is 4. The van der Waals surface area contributed by atoms with E-state index in [4.69, 9.17) is 9.47 Å². The van der Waals surface area contributed by atoms with Gasteiger partial charge < -0.3 is 14.3 Å². The molecule has 0 atom stereocenters. The first-order valence-corrected chi connectivity index (χ1v) is 6.56. The smallest absolute Gasteiger partial charge is 0.161 e. The van der Waals surface area contributed by atoms with Crippen molar-refractivity contribution in [2.45, 2.75) is 26.2 Å². The third-order valence-electron chi connectivity index (χ3n) is 3.06. The van der Waals surface area contributed by atoms with Crippen LogP contribution in [0.3, 0.4) is 0 Å². The standard InChI is InChI=1S/C15H19NO3/c1-11(17)4-6-13(16-2)12-5-7-14-15(10-12)19-9-3-8-18-14/h5,7,10H,3-4,6,8-9H2,1-2H3. The topological polar surface area (TPSA) is 47.9 Å². The maximum atomic E-state index is 11.1. The lowest BCUT2D eigenvalue weighted by Crippen LogP contribution is -2.04. The normalized spacial score (nSPS) is 14.9. The molecule has 0 fully saturated rings. The van der Waals surface area contributed by atoms with Gasteiger partial charge in [0, 0.05) is 25.6 Å². The first-order valence-electron chi connectivity index (χ1n) is 6.56. The molecule has 0 spiro atoms. The summed E-state index contributed by atoms with van der Waals surface area (Å²) in [5.41, 5.74) is 1.92. The quantitative estimate of drug-likeness (QED) is 0.783. The molecule has 0 radical (unpaired) electrons. The Balaban J connectivity index is 2.19. The average Bonchev–Trinajstić information content (AvgIpc) is 2.63. The molecule has 0 bridgehead atoms. The fourth-order valence-corrected chi connectivity index (χ4v) is 2.02. The number of ketones is 1. The van der Waals surface area contributed by atoms with E-state index in [0.717, 1.165) is 29.2 Å². The molecule has 0 aliphatic carbocycles. The van der Waals surface area contributed by atoms with E-state index in [0.29, 0.717) is 26.1 Å². The van der Waals surface area contributed by atoms with Gasteiger partial charge in [-0.05, 0) is 37.1 Å². The number of benzene rings is 1. The minimum atomic E-state index is 0.176. The number of aliphatic imine (C=N–C) groups is 1. The SMILES string of the molecule is CN=C(CCC(C)=O)c1ccc2c(c1)OCCCO2. The second kappa shape index (κ2) is 6.36. The van der Waals surface area contributed by atoms with Gasteiger partial charge >= 0.3 is 0 Å². The lowest BCUT2D eigenvalue weighted by atomic mass is 10.0. The van der Waals surface area contributed by atoms with Gasteiger partial charge in [-0.1, -0.05) is 0 Å². The Hall–Kier alpha value is -1.84. The van der Waals surface area contributed by atoms with Crippen LogP contribution in [0, 0.1) is 0 Å². The summed E-state index contributed by atoms with van der Waals surface area (Å²) in [4.78, 5) is 15.3. The molecule has 4 heteroatoms. The number of ether oxygens (including phenoxy) is 2. The zero-order chi connectivity index (χ0) is 13.7. The molecule has 0 amide bonds. The highest BCUT2D eigenvalue weighted by atomic mass is 16.5. The number of fused-ring (bicyclic) bond motifs is 1. The van der Waals surface area contributed by atoms with Gasteiger partial charge in [0.25, 0.3) is 0 Å². The van der Waals surface area contributed by atoms with Crippen LogP contribution in [0.4, 0.5) is 0 Å². The van der Waals surface area contributed by atoms with Gasteiger partial charge in [0.2, 0.25) is 0 Å². The Kier molecular flexibility index (Phi) is 4.55. The second-order valence-corrected chi connectivity index (χ2v) is 4.58. The van der Waals surface area contributed by atoms with Crippen LogP contribution >= 0.6 is 0 Å². The molecule has 1 aliphatic heterocycles. The Morgan fingerprint density at radius 3 is 2.63 bits per heavy atom. The van der Waals surface area contributed by atoms with Crippen molar-refractivity contribution < 1.29 is 14.3 Å². The molecule has 1 aromatic rings. The summed E-state index contributed by atoms with van der Waals surface area (Å²) >= 11 is 0. The van der Waals surface area contributed by atoms with Crippen molar-refractivity contribution in [3.63, 3.8) is 0 Å². The maximum Gasteiger partial charge on any atom is 0.161 e. The molecule has 0 saturated heterocycles. The summed E-state index contributed by atoms with van der Waals surface area (Å²) in [7, 11) is 1.75. The molecular formula is C15H19NO3. The summed E-state index contributed by atoms with van der Waals surface area (Å²) in [6.45, 7) is 2.95. The first-order chi connectivity index (χ1) is 9.20. The molecule has 0 saturated carbocycles. The fourth-order valence-electron chi connectivity index (χ4n) is 2.02. The van der Waals surface area contributed by atoms with Crippen molar-refractivity contribution >= 4 is 11.5 Å². The van der Waals surface area contributed by atoms with Crippen LogP contribution in [0.5, 0.6) is 11.5 Å². The lowest BCUT2D eigenvalue weighted by Gasteiger charge is -2.10. The van der Waals surface area contributed by atoms with Gasteiger partial charge in [-0.25, -0.2) is 0 Å². The van der Waals surface area contributed by atoms with Crippen molar-refractivity contribution in [2.75, 3.05) is 20.3 Å². The van der Waals surface area contributed by atoms with E-state index < -0.39 is 0 Å². The first kappa shape index (κ1) is 13.6. The third-order valence-corrected chi connectivity index (χ3v) is 3.06. The number of rotatable bonds is 4. The maximum absolute atomic E-state index is 11.1. The Bertz CT molecular complexity index is 494. The zero-order valence-corrected chi connectivity index (χ0v) is 11.4. The number of nitrogens with zero attached hydrogens (tertiary/aromatic N) is 1. The molecule has 1 aromatic carbocycles. The molecule has 1 heterocycles. The van der Waals surface area contributed by atoms with E-state index in [2.05, 4.69) is 4.99 Å². The monoisotopic (exact) mass is 261 g/mol. The van der Waals surface area contributed by atoms with Crippen LogP contribution < -0.4 is 9.47 Å². The lowest BCUT2D eigenvalue weighted by molar-refractivity contribution is -0.116. The van der Waals surface area contributed by atoms with E-state index in [1.165, 1.54) is 0 Å². The molecule has 4 nitrogen and oxygen atoms in total. The Morgan fingerprint density at radius 1 is 1.21 bits per heavy atom. The molecular weight excluding hydrogens is 242 g/mol. The molecule has 19 heavy (non-hydrogen) atoms. The number of Topliss-reactive ketones (excluding diaryl/α,β-unsaturated/α-hetero) is 1. The predicted molar refractivity (Wildman–Crippen MR) is 74.4 cm³/mol. The molecule has 0 unspecified atom stereocenters. The van der Waals surface area contributed by atoms with Crippen LogP contribution in [-0.2, 0) is 4.79 Å². The van der Waals surface area contributed by atoms with Gasteiger partial charge in [0.05, 0.1) is 13.2 Å². The van der Waals surface area contributed by atoms with Crippen LogP contribution in [0.2, 0.25) is 0 Å². The van der Waals surface area contributed by atoms with Crippen LogP contribution in [-0.4, -0.2) is 31.8 Å². The predicted octanol–water partition coefficient (Wildman–Crippen LogP) is 2.64. The van der Waals surface area contributed by atoms with E-state index >= 15 is 0 Å². The average molecular weight is 261 g/mol. The molecule has 1 aliphatic rings. The minimum absolute atomic E-state index is 0.176. The highest BCUT2D eigenvalue weighted by Crippen LogP contribution is 2.31.